The largest absolute Gasteiger partial charge is 0.274 e. The molecule has 0 spiro atoms. The third-order valence-corrected chi connectivity index (χ3v) is 4.00. The standard InChI is InChI=1S/C9H15N3S/c1-13(12-8-5-10-9-12)11-6-3-2-4-7-11/h5,8-9H,1-4,6-7H2. The highest BCUT2D eigenvalue weighted by Gasteiger charge is 2.12. The van der Waals surface area contributed by atoms with Crippen molar-refractivity contribution in [2.24, 2.45) is 0 Å². The van der Waals surface area contributed by atoms with Gasteiger partial charge in [0, 0.05) is 25.5 Å². The summed E-state index contributed by atoms with van der Waals surface area (Å²) in [5, 5.41) is 0. The molecule has 0 aromatic carbocycles. The van der Waals surface area contributed by atoms with Crippen LogP contribution in [0.5, 0.6) is 0 Å². The maximum atomic E-state index is 4.18. The van der Waals surface area contributed by atoms with Gasteiger partial charge in [-0.05, 0) is 29.6 Å². The molecular weight excluding hydrogens is 182 g/mol. The van der Waals surface area contributed by atoms with E-state index in [0.717, 1.165) is 0 Å². The zero-order valence-electron chi connectivity index (χ0n) is 7.72. The van der Waals surface area contributed by atoms with Gasteiger partial charge in [-0.3, -0.25) is 3.97 Å². The van der Waals surface area contributed by atoms with Crippen LogP contribution >= 0.6 is 10.9 Å². The maximum Gasteiger partial charge on any atom is 0.105 e. The van der Waals surface area contributed by atoms with E-state index in [1.54, 1.807) is 0 Å². The van der Waals surface area contributed by atoms with E-state index in [0.29, 0.717) is 0 Å². The van der Waals surface area contributed by atoms with Gasteiger partial charge in [-0.1, -0.05) is 6.42 Å². The number of imidazole rings is 1. The summed E-state index contributed by atoms with van der Waals surface area (Å²) in [6.45, 7) is 2.37. The summed E-state index contributed by atoms with van der Waals surface area (Å²) in [6, 6.07) is 0. The predicted octanol–water partition coefficient (Wildman–Crippen LogP) is 1.75. The SMILES string of the molecule is C=S(N1CCCCC1)n1ccnc1. The zero-order chi connectivity index (χ0) is 9.10. The average molecular weight is 197 g/mol. The molecule has 2 heterocycles. The van der Waals surface area contributed by atoms with Gasteiger partial charge in [-0.25, -0.2) is 9.29 Å². The molecule has 1 aromatic heterocycles. The number of aromatic nitrogens is 2. The van der Waals surface area contributed by atoms with Gasteiger partial charge in [0.1, 0.15) is 6.33 Å². The average Bonchev–Trinajstić information content (AvgIpc) is 2.71. The van der Waals surface area contributed by atoms with Crippen LogP contribution in [0.15, 0.2) is 18.7 Å². The fourth-order valence-corrected chi connectivity index (χ4v) is 2.89. The minimum atomic E-state index is -0.0512. The van der Waals surface area contributed by atoms with E-state index in [2.05, 4.69) is 19.1 Å². The Bertz CT molecular complexity index is 275. The fourth-order valence-electron chi connectivity index (χ4n) is 1.58. The van der Waals surface area contributed by atoms with Gasteiger partial charge in [0.15, 0.2) is 0 Å². The quantitative estimate of drug-likeness (QED) is 0.673. The van der Waals surface area contributed by atoms with E-state index in [-0.39, 0.29) is 10.9 Å². The molecule has 1 aliphatic rings. The van der Waals surface area contributed by atoms with E-state index in [9.17, 15) is 0 Å². The summed E-state index contributed by atoms with van der Waals surface area (Å²) in [5.41, 5.74) is 0. The van der Waals surface area contributed by atoms with Crippen LogP contribution in [0.4, 0.5) is 0 Å². The van der Waals surface area contributed by atoms with Crippen LogP contribution in [0.25, 0.3) is 0 Å². The van der Waals surface area contributed by atoms with Crippen LogP contribution < -0.4 is 0 Å². The van der Waals surface area contributed by atoms with E-state index < -0.39 is 0 Å². The van der Waals surface area contributed by atoms with E-state index in [1.807, 2.05) is 18.7 Å². The van der Waals surface area contributed by atoms with Crippen molar-refractivity contribution in [3.63, 3.8) is 0 Å². The first kappa shape index (κ1) is 8.97. The van der Waals surface area contributed by atoms with Crippen molar-refractivity contribution in [3.8, 4) is 0 Å². The summed E-state index contributed by atoms with van der Waals surface area (Å²) in [6.07, 6.45) is 9.66. The summed E-state index contributed by atoms with van der Waals surface area (Å²) in [7, 11) is -0.0512. The molecule has 0 bridgehead atoms. The lowest BCUT2D eigenvalue weighted by Crippen LogP contribution is -2.26. The van der Waals surface area contributed by atoms with E-state index in [1.165, 1.54) is 32.4 Å². The predicted molar refractivity (Wildman–Crippen MR) is 57.8 cm³/mol. The molecule has 4 heteroatoms. The van der Waals surface area contributed by atoms with Crippen LogP contribution in [0.1, 0.15) is 19.3 Å². The normalized spacial score (nSPS) is 21.5. The molecule has 13 heavy (non-hydrogen) atoms. The van der Waals surface area contributed by atoms with E-state index >= 15 is 0 Å². The highest BCUT2D eigenvalue weighted by molar-refractivity contribution is 8.10. The molecule has 1 atom stereocenters. The molecule has 0 aliphatic carbocycles. The van der Waals surface area contributed by atoms with Gasteiger partial charge in [0.2, 0.25) is 0 Å². The Morgan fingerprint density at radius 3 is 2.62 bits per heavy atom. The molecule has 1 saturated heterocycles. The van der Waals surface area contributed by atoms with Crippen LogP contribution in [0.2, 0.25) is 0 Å². The molecule has 1 fully saturated rings. The van der Waals surface area contributed by atoms with Gasteiger partial charge in [-0.2, -0.15) is 0 Å². The summed E-state index contributed by atoms with van der Waals surface area (Å²) in [4.78, 5) is 4.04. The van der Waals surface area contributed by atoms with E-state index in [4.69, 9.17) is 0 Å². The summed E-state index contributed by atoms with van der Waals surface area (Å²) in [5.74, 6) is 4.18. The first-order valence-electron chi connectivity index (χ1n) is 4.65. The van der Waals surface area contributed by atoms with Gasteiger partial charge in [0.05, 0.1) is 0 Å². The van der Waals surface area contributed by atoms with Gasteiger partial charge >= 0.3 is 0 Å². The number of nitrogens with zero attached hydrogens (tertiary/aromatic N) is 3. The summed E-state index contributed by atoms with van der Waals surface area (Å²) >= 11 is 0. The van der Waals surface area contributed by atoms with Crippen molar-refractivity contribution in [3.05, 3.63) is 18.7 Å². The van der Waals surface area contributed by atoms with Crippen molar-refractivity contribution in [2.45, 2.75) is 19.3 Å². The molecule has 2 rings (SSSR count). The van der Waals surface area contributed by atoms with Gasteiger partial charge in [-0.15, -0.1) is 0 Å². The van der Waals surface area contributed by atoms with Crippen LogP contribution in [0, 0.1) is 0 Å². The topological polar surface area (TPSA) is 21.1 Å². The minimum Gasteiger partial charge on any atom is -0.274 e. The first-order chi connectivity index (χ1) is 6.38. The van der Waals surface area contributed by atoms with Crippen molar-refractivity contribution in [2.75, 3.05) is 13.1 Å². The molecule has 72 valence electrons. The second-order valence-electron chi connectivity index (χ2n) is 3.25. The van der Waals surface area contributed by atoms with Crippen molar-refractivity contribution in [1.29, 1.82) is 0 Å². The zero-order valence-corrected chi connectivity index (χ0v) is 8.54. The van der Waals surface area contributed by atoms with Crippen LogP contribution in [-0.2, 0) is 0 Å². The molecule has 0 N–H and O–H groups in total. The van der Waals surface area contributed by atoms with Crippen molar-refractivity contribution < 1.29 is 0 Å². The minimum absolute atomic E-state index is 0.0512. The second kappa shape index (κ2) is 4.07. The highest BCUT2D eigenvalue weighted by Crippen LogP contribution is 2.23. The molecule has 0 amide bonds. The Morgan fingerprint density at radius 2 is 2.00 bits per heavy atom. The number of hydrogen-bond donors (Lipinski definition) is 0. The monoisotopic (exact) mass is 197 g/mol. The second-order valence-corrected chi connectivity index (χ2v) is 4.87. The smallest absolute Gasteiger partial charge is 0.105 e. The van der Waals surface area contributed by atoms with Crippen molar-refractivity contribution in [1.82, 2.24) is 13.3 Å². The molecular formula is C9H15N3S. The Kier molecular flexibility index (Phi) is 2.80. The molecule has 1 unspecified atom stereocenters. The molecule has 0 saturated carbocycles. The molecule has 3 nitrogen and oxygen atoms in total. The number of piperidine rings is 1. The lowest BCUT2D eigenvalue weighted by atomic mass is 10.2. The maximum absolute atomic E-state index is 4.18. The van der Waals surface area contributed by atoms with Crippen molar-refractivity contribution >= 4 is 16.7 Å². The molecule has 1 aromatic rings. The third kappa shape index (κ3) is 2.00. The fraction of sp³-hybridized carbons (Fsp3) is 0.556. The van der Waals surface area contributed by atoms with Gasteiger partial charge in [0.25, 0.3) is 0 Å². The summed E-state index contributed by atoms with van der Waals surface area (Å²) < 4.78 is 4.52. The third-order valence-electron chi connectivity index (χ3n) is 2.34. The number of rotatable bonds is 2. The van der Waals surface area contributed by atoms with Crippen LogP contribution in [-0.4, -0.2) is 32.2 Å². The number of hydrogen-bond acceptors (Lipinski definition) is 2. The molecule has 0 radical (unpaired) electrons. The van der Waals surface area contributed by atoms with Crippen LogP contribution in [0.3, 0.4) is 0 Å². The Labute approximate surface area is 81.6 Å². The Morgan fingerprint density at radius 1 is 1.23 bits per heavy atom. The Balaban J connectivity index is 2.04. The molecule has 1 aliphatic heterocycles. The lowest BCUT2D eigenvalue weighted by molar-refractivity contribution is 0.378. The first-order valence-corrected chi connectivity index (χ1v) is 5.96. The highest BCUT2D eigenvalue weighted by atomic mass is 32.2. The van der Waals surface area contributed by atoms with Gasteiger partial charge < -0.3 is 0 Å². The Hall–Kier alpha value is -0.610. The lowest BCUT2D eigenvalue weighted by Gasteiger charge is -2.28.